The minimum atomic E-state index is -3.00. The number of hydrogen-bond acceptors (Lipinski definition) is 5. The number of aryl methyl sites for hydroxylation is 1. The predicted molar refractivity (Wildman–Crippen MR) is 136 cm³/mol. The van der Waals surface area contributed by atoms with Crippen molar-refractivity contribution in [1.29, 1.82) is 0 Å². The summed E-state index contributed by atoms with van der Waals surface area (Å²) < 4.78 is 49.4. The van der Waals surface area contributed by atoms with E-state index in [1.165, 1.54) is 12.3 Å². The van der Waals surface area contributed by atoms with E-state index in [9.17, 15) is 13.2 Å². The molecule has 0 saturated carbocycles. The molecule has 0 fully saturated rings. The molecule has 0 spiro atoms. The van der Waals surface area contributed by atoms with Gasteiger partial charge in [-0.15, -0.1) is 0 Å². The van der Waals surface area contributed by atoms with Gasteiger partial charge in [0.15, 0.2) is 30.8 Å². The molecule has 190 valence electrons. The number of fused-ring (bicyclic) bond motifs is 1. The molecule has 3 rings (SSSR count). The molecule has 0 aromatic carbocycles. The van der Waals surface area contributed by atoms with E-state index in [-0.39, 0.29) is 34.6 Å². The first kappa shape index (κ1) is 27.5. The van der Waals surface area contributed by atoms with Gasteiger partial charge in [-0.05, 0) is 48.2 Å². The highest BCUT2D eigenvalue weighted by atomic mass is 35.5. The highest BCUT2D eigenvalue weighted by Gasteiger charge is 2.40. The van der Waals surface area contributed by atoms with Crippen LogP contribution in [-0.2, 0) is 10.8 Å². The molecule has 0 aliphatic carbocycles. The molecule has 0 aliphatic heterocycles. The third-order valence-corrected chi connectivity index (χ3v) is 11.3. The first-order chi connectivity index (χ1) is 16.1. The lowest BCUT2D eigenvalue weighted by atomic mass is 9.95. The molecule has 10 heteroatoms. The van der Waals surface area contributed by atoms with Gasteiger partial charge in [-0.2, -0.15) is 0 Å². The summed E-state index contributed by atoms with van der Waals surface area (Å²) in [7, 11) is -2.30. The van der Waals surface area contributed by atoms with E-state index < -0.39 is 26.7 Å². The summed E-state index contributed by atoms with van der Waals surface area (Å²) in [5, 5.41) is -0.0543. The molecule has 0 unspecified atom stereocenters. The largest absolute Gasteiger partial charge is 0.411 e. The third-order valence-electron chi connectivity index (χ3n) is 6.53. The van der Waals surface area contributed by atoms with Crippen LogP contribution in [-0.4, -0.2) is 40.8 Å². The van der Waals surface area contributed by atoms with Crippen LogP contribution in [0.2, 0.25) is 23.3 Å². The normalized spacial score (nSPS) is 13.1. The van der Waals surface area contributed by atoms with Crippen molar-refractivity contribution in [3.05, 3.63) is 46.8 Å². The average Bonchev–Trinajstić information content (AvgIpc) is 2.76. The number of rotatable bonds is 8. The highest BCUT2D eigenvalue weighted by Crippen LogP contribution is 2.38. The van der Waals surface area contributed by atoms with Crippen LogP contribution < -0.4 is 0 Å². The number of nitrogens with zero attached hydrogens (tertiary/aromatic N) is 4. The van der Waals surface area contributed by atoms with Crippen LogP contribution in [0, 0.1) is 5.82 Å². The monoisotopic (exact) mass is 524 g/mol. The SMILES string of the molecule is CC(C)c1nccc(CCC(F)(F)CO[Si](C)(C)C(C)(C)C)c1-c1ncc2cc(F)c(Cl)nc2n1. The Morgan fingerprint density at radius 3 is 2.43 bits per heavy atom. The topological polar surface area (TPSA) is 60.8 Å². The molecule has 0 amide bonds. The molecule has 5 nitrogen and oxygen atoms in total. The predicted octanol–water partition coefficient (Wildman–Crippen LogP) is 7.59. The minimum absolute atomic E-state index is 0.00330. The van der Waals surface area contributed by atoms with Gasteiger partial charge >= 0.3 is 0 Å². The van der Waals surface area contributed by atoms with Gasteiger partial charge in [-0.1, -0.05) is 46.2 Å². The van der Waals surface area contributed by atoms with Crippen molar-refractivity contribution in [2.75, 3.05) is 6.61 Å². The lowest BCUT2D eigenvalue weighted by Crippen LogP contribution is -2.44. The maximum atomic E-state index is 14.9. The second kappa shape index (κ2) is 10.1. The Bertz CT molecular complexity index is 1220. The first-order valence-electron chi connectivity index (χ1n) is 11.6. The zero-order valence-corrected chi connectivity index (χ0v) is 23.0. The van der Waals surface area contributed by atoms with Crippen molar-refractivity contribution in [1.82, 2.24) is 19.9 Å². The van der Waals surface area contributed by atoms with Gasteiger partial charge in [0, 0.05) is 29.8 Å². The molecular formula is C25H32ClF3N4OSi. The van der Waals surface area contributed by atoms with E-state index in [0.29, 0.717) is 28.0 Å². The standard InChI is InChI=1S/C25H32ClF3N4OSi/c1-15(2)20-19(23-31-13-17-12-18(27)21(26)32-22(17)33-23)16(9-11-30-20)8-10-25(28,29)14-34-35(6,7)24(3,4)5/h9,11-13,15H,8,10,14H2,1-7H3. The lowest BCUT2D eigenvalue weighted by Gasteiger charge is -2.37. The number of aromatic nitrogens is 4. The van der Waals surface area contributed by atoms with Crippen LogP contribution in [0.1, 0.15) is 58.2 Å². The molecule has 0 radical (unpaired) electrons. The Hall–Kier alpha value is -2.10. The number of pyridine rings is 2. The van der Waals surface area contributed by atoms with Crippen molar-refractivity contribution >= 4 is 31.0 Å². The van der Waals surface area contributed by atoms with Crippen LogP contribution in [0.4, 0.5) is 13.2 Å². The maximum Gasteiger partial charge on any atom is 0.270 e. The van der Waals surface area contributed by atoms with Crippen LogP contribution >= 0.6 is 11.6 Å². The van der Waals surface area contributed by atoms with Crippen molar-refractivity contribution in [3.8, 4) is 11.4 Å². The smallest absolute Gasteiger partial charge is 0.270 e. The van der Waals surface area contributed by atoms with E-state index in [2.05, 4.69) is 19.9 Å². The molecule has 0 saturated heterocycles. The molecular weight excluding hydrogens is 493 g/mol. The Morgan fingerprint density at radius 2 is 1.80 bits per heavy atom. The summed E-state index contributed by atoms with van der Waals surface area (Å²) in [5.41, 5.74) is 2.16. The zero-order chi connectivity index (χ0) is 26.2. The maximum absolute atomic E-state index is 14.9. The number of halogens is 4. The van der Waals surface area contributed by atoms with Gasteiger partial charge in [-0.3, -0.25) is 4.98 Å². The summed E-state index contributed by atoms with van der Waals surface area (Å²) in [6.45, 7) is 13.3. The summed E-state index contributed by atoms with van der Waals surface area (Å²) in [4.78, 5) is 17.3. The molecule has 0 aliphatic rings. The molecule has 3 aromatic heterocycles. The van der Waals surface area contributed by atoms with Gasteiger partial charge in [0.05, 0.1) is 12.3 Å². The van der Waals surface area contributed by atoms with Gasteiger partial charge in [-0.25, -0.2) is 28.1 Å². The zero-order valence-electron chi connectivity index (χ0n) is 21.2. The Morgan fingerprint density at radius 1 is 1.11 bits per heavy atom. The fraction of sp³-hybridized carbons (Fsp3) is 0.520. The van der Waals surface area contributed by atoms with Crippen molar-refractivity contribution in [2.45, 2.75) is 77.4 Å². The second-order valence-electron chi connectivity index (χ2n) is 10.7. The van der Waals surface area contributed by atoms with Gasteiger partial charge in [0.25, 0.3) is 5.92 Å². The van der Waals surface area contributed by atoms with Crippen LogP contribution in [0.5, 0.6) is 0 Å². The Kier molecular flexibility index (Phi) is 7.93. The summed E-state index contributed by atoms with van der Waals surface area (Å²) >= 11 is 5.84. The van der Waals surface area contributed by atoms with Gasteiger partial charge in [0.2, 0.25) is 0 Å². The first-order valence-corrected chi connectivity index (χ1v) is 14.9. The summed E-state index contributed by atoms with van der Waals surface area (Å²) in [5.74, 6) is -3.37. The quantitative estimate of drug-likeness (QED) is 0.224. The number of alkyl halides is 2. The van der Waals surface area contributed by atoms with E-state index in [4.69, 9.17) is 16.0 Å². The fourth-order valence-electron chi connectivity index (χ4n) is 3.35. The second-order valence-corrected chi connectivity index (χ2v) is 15.8. The van der Waals surface area contributed by atoms with Crippen LogP contribution in [0.3, 0.4) is 0 Å². The van der Waals surface area contributed by atoms with Crippen LogP contribution in [0.15, 0.2) is 24.5 Å². The van der Waals surface area contributed by atoms with Crippen molar-refractivity contribution in [3.63, 3.8) is 0 Å². The minimum Gasteiger partial charge on any atom is -0.411 e. The molecule has 0 bridgehead atoms. The van der Waals surface area contributed by atoms with Crippen molar-refractivity contribution in [2.24, 2.45) is 0 Å². The summed E-state index contributed by atoms with van der Waals surface area (Å²) in [6.07, 6.45) is 2.76. The molecule has 35 heavy (non-hydrogen) atoms. The van der Waals surface area contributed by atoms with Crippen molar-refractivity contribution < 1.29 is 17.6 Å². The summed E-state index contributed by atoms with van der Waals surface area (Å²) in [6, 6.07) is 2.93. The van der Waals surface area contributed by atoms with E-state index >= 15 is 0 Å². The van der Waals surface area contributed by atoms with Gasteiger partial charge < -0.3 is 4.43 Å². The van der Waals surface area contributed by atoms with E-state index in [1.54, 1.807) is 12.3 Å². The molecule has 0 atom stereocenters. The van der Waals surface area contributed by atoms with E-state index in [0.717, 1.165) is 0 Å². The lowest BCUT2D eigenvalue weighted by molar-refractivity contribution is -0.0512. The third kappa shape index (κ3) is 6.37. The molecule has 0 N–H and O–H groups in total. The average molecular weight is 525 g/mol. The Labute approximate surface area is 210 Å². The molecule has 3 heterocycles. The Balaban J connectivity index is 1.93. The number of hydrogen-bond donors (Lipinski definition) is 0. The molecule has 3 aromatic rings. The fourth-order valence-corrected chi connectivity index (χ4v) is 4.49. The highest BCUT2D eigenvalue weighted by molar-refractivity contribution is 6.74. The van der Waals surface area contributed by atoms with E-state index in [1.807, 2.05) is 47.7 Å². The van der Waals surface area contributed by atoms with Gasteiger partial charge in [0.1, 0.15) is 0 Å². The van der Waals surface area contributed by atoms with Crippen LogP contribution in [0.25, 0.3) is 22.4 Å².